The first-order valence-corrected chi connectivity index (χ1v) is 10.4. The predicted octanol–water partition coefficient (Wildman–Crippen LogP) is 6.17. The Balaban J connectivity index is 1.56. The van der Waals surface area contributed by atoms with E-state index >= 15 is 0 Å². The van der Waals surface area contributed by atoms with Gasteiger partial charge in [0.25, 0.3) is 0 Å². The van der Waals surface area contributed by atoms with E-state index < -0.39 is 5.63 Å². The summed E-state index contributed by atoms with van der Waals surface area (Å²) in [4.78, 5) is 24.6. The van der Waals surface area contributed by atoms with Crippen LogP contribution in [0.3, 0.4) is 0 Å². The average molecular weight is 430 g/mol. The van der Waals surface area contributed by atoms with Crippen LogP contribution in [0.5, 0.6) is 5.75 Å². The van der Waals surface area contributed by atoms with Gasteiger partial charge in [-0.25, -0.2) is 9.18 Å². The van der Waals surface area contributed by atoms with E-state index in [1.807, 2.05) is 13.0 Å². The molecule has 162 valence electrons. The van der Waals surface area contributed by atoms with Crippen molar-refractivity contribution in [2.24, 2.45) is 0 Å². The fourth-order valence-corrected chi connectivity index (χ4v) is 3.76. The van der Waals surface area contributed by atoms with Crippen molar-refractivity contribution in [1.29, 1.82) is 0 Å². The maximum absolute atomic E-state index is 13.1. The van der Waals surface area contributed by atoms with Gasteiger partial charge in [0.15, 0.2) is 5.78 Å². The molecule has 0 amide bonds. The van der Waals surface area contributed by atoms with Crippen molar-refractivity contribution in [3.05, 3.63) is 111 Å². The van der Waals surface area contributed by atoms with Gasteiger partial charge in [0.2, 0.25) is 0 Å². The largest absolute Gasteiger partial charge is 0.489 e. The van der Waals surface area contributed by atoms with Crippen molar-refractivity contribution in [1.82, 2.24) is 0 Å². The zero-order chi connectivity index (χ0) is 22.8. The van der Waals surface area contributed by atoms with Gasteiger partial charge >= 0.3 is 5.63 Å². The van der Waals surface area contributed by atoms with Gasteiger partial charge in [-0.1, -0.05) is 13.8 Å². The van der Waals surface area contributed by atoms with Crippen LogP contribution in [0.15, 0.2) is 75.9 Å². The molecule has 0 fully saturated rings. The first-order chi connectivity index (χ1) is 15.3. The Morgan fingerprint density at radius 2 is 1.59 bits per heavy atom. The number of ether oxygens (including phenoxy) is 1. The Morgan fingerprint density at radius 1 is 0.969 bits per heavy atom. The molecule has 0 N–H and O–H groups in total. The summed E-state index contributed by atoms with van der Waals surface area (Å²) >= 11 is 0. The van der Waals surface area contributed by atoms with Crippen LogP contribution in [0.4, 0.5) is 4.39 Å². The summed E-state index contributed by atoms with van der Waals surface area (Å²) in [6.45, 7) is 6.44. The molecule has 0 saturated heterocycles. The lowest BCUT2D eigenvalue weighted by atomic mass is 9.95. The minimum Gasteiger partial charge on any atom is -0.489 e. The van der Waals surface area contributed by atoms with E-state index in [4.69, 9.17) is 9.15 Å². The molecule has 5 heteroatoms. The van der Waals surface area contributed by atoms with Crippen LogP contribution in [-0.2, 0) is 6.61 Å². The number of rotatable bonds is 6. The molecule has 4 aromatic rings. The highest BCUT2D eigenvalue weighted by Gasteiger charge is 2.13. The second kappa shape index (κ2) is 8.79. The van der Waals surface area contributed by atoms with Crippen LogP contribution in [-0.4, -0.2) is 5.78 Å². The summed E-state index contributed by atoms with van der Waals surface area (Å²) in [5.74, 6) is 0.327. The molecule has 32 heavy (non-hydrogen) atoms. The summed E-state index contributed by atoms with van der Waals surface area (Å²) in [7, 11) is 0. The third-order valence-corrected chi connectivity index (χ3v) is 5.46. The molecule has 1 aromatic heterocycles. The summed E-state index contributed by atoms with van der Waals surface area (Å²) < 4.78 is 24.4. The van der Waals surface area contributed by atoms with Gasteiger partial charge in [0.05, 0.1) is 0 Å². The van der Waals surface area contributed by atoms with Crippen molar-refractivity contribution < 1.29 is 18.3 Å². The smallest absolute Gasteiger partial charge is 0.336 e. The molecule has 0 atom stereocenters. The summed E-state index contributed by atoms with van der Waals surface area (Å²) in [5, 5.41) is 0.849. The van der Waals surface area contributed by atoms with E-state index in [1.54, 1.807) is 24.3 Å². The summed E-state index contributed by atoms with van der Waals surface area (Å²) in [6.07, 6.45) is 0. The van der Waals surface area contributed by atoms with Crippen LogP contribution in [0.25, 0.3) is 11.0 Å². The molecule has 0 spiro atoms. The Morgan fingerprint density at radius 3 is 2.22 bits per heavy atom. The number of fused-ring (bicyclic) bond motifs is 1. The maximum Gasteiger partial charge on any atom is 0.336 e. The summed E-state index contributed by atoms with van der Waals surface area (Å²) in [6, 6.07) is 17.6. The number of hydrogen-bond acceptors (Lipinski definition) is 4. The molecule has 0 radical (unpaired) electrons. The van der Waals surface area contributed by atoms with Crippen LogP contribution in [0.2, 0.25) is 0 Å². The van der Waals surface area contributed by atoms with Gasteiger partial charge in [0, 0.05) is 28.1 Å². The quantitative estimate of drug-likeness (QED) is 0.271. The number of aryl methyl sites for hydroxylation is 1. The molecule has 0 aliphatic rings. The number of carbonyl (C=O) groups is 1. The standard InChI is InChI=1S/C27H23FO4/c1-16(2)23-14-24-20(13-26(29)32-25(24)12-17(23)3)15-31-22-10-6-19(7-11-22)27(30)18-4-8-21(28)9-5-18/h4-14,16H,15H2,1-3H3. The second-order valence-corrected chi connectivity index (χ2v) is 8.10. The molecule has 0 bridgehead atoms. The predicted molar refractivity (Wildman–Crippen MR) is 122 cm³/mol. The highest BCUT2D eigenvalue weighted by molar-refractivity contribution is 6.09. The van der Waals surface area contributed by atoms with E-state index in [0.29, 0.717) is 28.4 Å². The van der Waals surface area contributed by atoms with Gasteiger partial charge in [-0.2, -0.15) is 0 Å². The van der Waals surface area contributed by atoms with Crippen LogP contribution in [0.1, 0.15) is 52.4 Å². The number of ketones is 1. The average Bonchev–Trinajstić information content (AvgIpc) is 2.77. The molecular weight excluding hydrogens is 407 g/mol. The van der Waals surface area contributed by atoms with Gasteiger partial charge in [-0.3, -0.25) is 4.79 Å². The Hall–Kier alpha value is -3.73. The van der Waals surface area contributed by atoms with Crippen molar-refractivity contribution >= 4 is 16.8 Å². The molecule has 4 nitrogen and oxygen atoms in total. The minimum atomic E-state index is -0.423. The lowest BCUT2D eigenvalue weighted by molar-refractivity contribution is 0.103. The Labute approximate surface area is 185 Å². The number of hydrogen-bond donors (Lipinski definition) is 0. The highest BCUT2D eigenvalue weighted by Crippen LogP contribution is 2.27. The first kappa shape index (κ1) is 21.5. The Kier molecular flexibility index (Phi) is 5.91. The highest BCUT2D eigenvalue weighted by atomic mass is 19.1. The van der Waals surface area contributed by atoms with Crippen LogP contribution < -0.4 is 10.4 Å². The molecule has 0 aliphatic carbocycles. The van der Waals surface area contributed by atoms with Crippen LogP contribution >= 0.6 is 0 Å². The molecule has 1 heterocycles. The zero-order valence-electron chi connectivity index (χ0n) is 18.1. The molecule has 3 aromatic carbocycles. The van der Waals surface area contributed by atoms with E-state index in [2.05, 4.69) is 19.9 Å². The number of benzene rings is 3. The fourth-order valence-electron chi connectivity index (χ4n) is 3.76. The van der Waals surface area contributed by atoms with Crippen molar-refractivity contribution in [3.8, 4) is 5.75 Å². The fraction of sp³-hybridized carbons (Fsp3) is 0.185. The third-order valence-electron chi connectivity index (χ3n) is 5.46. The monoisotopic (exact) mass is 430 g/mol. The van der Waals surface area contributed by atoms with E-state index in [1.165, 1.54) is 35.9 Å². The van der Waals surface area contributed by atoms with Gasteiger partial charge in [-0.05, 0) is 84.6 Å². The van der Waals surface area contributed by atoms with Gasteiger partial charge in [-0.15, -0.1) is 0 Å². The van der Waals surface area contributed by atoms with Gasteiger partial charge < -0.3 is 9.15 Å². The summed E-state index contributed by atoms with van der Waals surface area (Å²) in [5.41, 5.74) is 4.02. The topological polar surface area (TPSA) is 56.5 Å². The number of carbonyl (C=O) groups excluding carboxylic acids is 1. The molecule has 0 aliphatic heterocycles. The normalized spacial score (nSPS) is 11.2. The van der Waals surface area contributed by atoms with Crippen molar-refractivity contribution in [2.75, 3.05) is 0 Å². The molecule has 0 unspecified atom stereocenters. The van der Waals surface area contributed by atoms with E-state index in [-0.39, 0.29) is 18.2 Å². The Bertz CT molecular complexity index is 1330. The minimum absolute atomic E-state index is 0.188. The van der Waals surface area contributed by atoms with Gasteiger partial charge in [0.1, 0.15) is 23.8 Å². The number of halogens is 1. The van der Waals surface area contributed by atoms with Crippen LogP contribution in [0, 0.1) is 12.7 Å². The lowest BCUT2D eigenvalue weighted by Gasteiger charge is -2.13. The lowest BCUT2D eigenvalue weighted by Crippen LogP contribution is -2.06. The SMILES string of the molecule is Cc1cc2oc(=O)cc(COc3ccc(C(=O)c4ccc(F)cc4)cc3)c2cc1C(C)C. The maximum atomic E-state index is 13.1. The molecule has 0 saturated carbocycles. The van der Waals surface area contributed by atoms with E-state index in [9.17, 15) is 14.0 Å². The zero-order valence-corrected chi connectivity index (χ0v) is 18.1. The second-order valence-electron chi connectivity index (χ2n) is 8.10. The van der Waals surface area contributed by atoms with Crippen molar-refractivity contribution in [2.45, 2.75) is 33.3 Å². The van der Waals surface area contributed by atoms with Crippen molar-refractivity contribution in [3.63, 3.8) is 0 Å². The third kappa shape index (κ3) is 4.47. The molecular formula is C27H23FO4. The molecule has 4 rings (SSSR count). The van der Waals surface area contributed by atoms with E-state index in [0.717, 1.165) is 16.5 Å². The first-order valence-electron chi connectivity index (χ1n) is 10.4.